The minimum atomic E-state index is -0.143. The van der Waals surface area contributed by atoms with E-state index in [0.717, 1.165) is 32.7 Å². The number of imide groups is 1. The minimum Gasteiger partial charge on any atom is -0.326 e. The maximum Gasteiger partial charge on any atom is 0.288 e. The van der Waals surface area contributed by atoms with Crippen molar-refractivity contribution in [3.8, 4) is 0 Å². The number of nitrogens with one attached hydrogen (secondary N) is 2. The lowest BCUT2D eigenvalue weighted by Gasteiger charge is -2.31. The minimum absolute atomic E-state index is 0.00477. The maximum atomic E-state index is 12.2. The van der Waals surface area contributed by atoms with Gasteiger partial charge in [-0.05, 0) is 6.92 Å². The molecule has 1 atom stereocenters. The summed E-state index contributed by atoms with van der Waals surface area (Å²) >= 11 is 0. The van der Waals surface area contributed by atoms with Gasteiger partial charge in [0.05, 0.1) is 13.0 Å². The average Bonchev–Trinajstić information content (AvgIpc) is 2.67. The van der Waals surface area contributed by atoms with Gasteiger partial charge >= 0.3 is 0 Å². The number of likely N-dealkylation sites (N-methyl/N-ethyl adjacent to an activating group) is 1. The predicted molar refractivity (Wildman–Crippen MR) is 67.3 cm³/mol. The molecule has 2 aliphatic heterocycles. The Bertz CT molecular complexity index is 348. The summed E-state index contributed by atoms with van der Waals surface area (Å²) in [6.45, 7) is 11.5. The van der Waals surface area contributed by atoms with E-state index in [0.29, 0.717) is 13.0 Å². The van der Waals surface area contributed by atoms with Gasteiger partial charge in [0.25, 0.3) is 5.91 Å². The normalized spacial score (nSPS) is 32.9. The number of amides is 2. The van der Waals surface area contributed by atoms with Crippen molar-refractivity contribution in [1.82, 2.24) is 4.90 Å². The highest BCUT2D eigenvalue weighted by Crippen LogP contribution is 2.10. The molecular weight excluding hydrogens is 230 g/mol. The van der Waals surface area contributed by atoms with Crippen molar-refractivity contribution in [1.29, 1.82) is 0 Å². The zero-order valence-electron chi connectivity index (χ0n) is 11.1. The third kappa shape index (κ3) is 2.47. The molecule has 0 aromatic carbocycles. The molecule has 0 aromatic rings. The number of hydrogen-bond acceptors (Lipinski definition) is 2. The van der Waals surface area contributed by atoms with Crippen LogP contribution in [0.15, 0.2) is 12.7 Å². The number of hydrogen-bond donors (Lipinski definition) is 2. The quantitative estimate of drug-likeness (QED) is 0.417. The van der Waals surface area contributed by atoms with E-state index in [-0.39, 0.29) is 17.9 Å². The summed E-state index contributed by atoms with van der Waals surface area (Å²) in [5, 5.41) is 0. The van der Waals surface area contributed by atoms with Crippen LogP contribution in [0.5, 0.6) is 0 Å². The monoisotopic (exact) mass is 253 g/mol. The van der Waals surface area contributed by atoms with Crippen molar-refractivity contribution in [3.05, 3.63) is 12.7 Å². The SMILES string of the molecule is C=CCN1C(=O)C[C@H]([NH+]2CC[NH+](CC)CC2)C1=O. The maximum absolute atomic E-state index is 12.2. The molecule has 0 aliphatic carbocycles. The zero-order valence-corrected chi connectivity index (χ0v) is 11.1. The first-order valence-electron chi connectivity index (χ1n) is 6.80. The molecule has 2 N–H and O–H groups in total. The lowest BCUT2D eigenvalue weighted by Crippen LogP contribution is -3.29. The van der Waals surface area contributed by atoms with E-state index in [1.807, 2.05) is 0 Å². The molecule has 0 unspecified atom stereocenters. The number of likely N-dealkylation sites (tertiary alicyclic amines) is 1. The van der Waals surface area contributed by atoms with Crippen LogP contribution >= 0.6 is 0 Å². The Morgan fingerprint density at radius 2 is 2.00 bits per heavy atom. The lowest BCUT2D eigenvalue weighted by atomic mass is 10.2. The summed E-state index contributed by atoms with van der Waals surface area (Å²) in [5.74, 6) is -0.0440. The molecule has 5 heteroatoms. The van der Waals surface area contributed by atoms with Gasteiger partial charge < -0.3 is 9.80 Å². The Kier molecular flexibility index (Phi) is 4.14. The van der Waals surface area contributed by atoms with Gasteiger partial charge in [-0.3, -0.25) is 14.5 Å². The molecule has 100 valence electrons. The van der Waals surface area contributed by atoms with Gasteiger partial charge in [0.1, 0.15) is 26.2 Å². The van der Waals surface area contributed by atoms with Crippen LogP contribution in [-0.2, 0) is 9.59 Å². The van der Waals surface area contributed by atoms with Crippen LogP contribution in [0, 0.1) is 0 Å². The molecule has 0 radical (unpaired) electrons. The van der Waals surface area contributed by atoms with Crippen molar-refractivity contribution in [2.24, 2.45) is 0 Å². The van der Waals surface area contributed by atoms with E-state index in [9.17, 15) is 9.59 Å². The lowest BCUT2D eigenvalue weighted by molar-refractivity contribution is -1.02. The van der Waals surface area contributed by atoms with Gasteiger partial charge in [-0.1, -0.05) is 6.08 Å². The number of nitrogens with zero attached hydrogens (tertiary/aromatic N) is 1. The van der Waals surface area contributed by atoms with Gasteiger partial charge in [0.15, 0.2) is 6.04 Å². The fourth-order valence-electron chi connectivity index (χ4n) is 2.95. The van der Waals surface area contributed by atoms with Crippen molar-refractivity contribution in [2.45, 2.75) is 19.4 Å². The highest BCUT2D eigenvalue weighted by Gasteiger charge is 2.45. The van der Waals surface area contributed by atoms with E-state index < -0.39 is 0 Å². The van der Waals surface area contributed by atoms with Gasteiger partial charge in [-0.2, -0.15) is 0 Å². The van der Waals surface area contributed by atoms with Gasteiger partial charge in [0, 0.05) is 6.54 Å². The first-order chi connectivity index (χ1) is 8.67. The zero-order chi connectivity index (χ0) is 13.1. The summed E-state index contributed by atoms with van der Waals surface area (Å²) in [4.78, 5) is 28.2. The molecule has 2 aliphatic rings. The van der Waals surface area contributed by atoms with Gasteiger partial charge in [-0.25, -0.2) is 0 Å². The summed E-state index contributed by atoms with van der Waals surface area (Å²) in [6.07, 6.45) is 2.00. The molecule has 0 bridgehead atoms. The van der Waals surface area contributed by atoms with Crippen molar-refractivity contribution < 1.29 is 19.4 Å². The molecule has 18 heavy (non-hydrogen) atoms. The largest absolute Gasteiger partial charge is 0.326 e. The van der Waals surface area contributed by atoms with E-state index in [1.165, 1.54) is 9.80 Å². The van der Waals surface area contributed by atoms with Gasteiger partial charge in [-0.15, -0.1) is 6.58 Å². The first kappa shape index (κ1) is 13.2. The Morgan fingerprint density at radius 3 is 2.56 bits per heavy atom. The summed E-state index contributed by atoms with van der Waals surface area (Å²) in [5.41, 5.74) is 0. The van der Waals surface area contributed by atoms with E-state index >= 15 is 0 Å². The number of quaternary nitrogens is 2. The van der Waals surface area contributed by atoms with Crippen LogP contribution in [0.4, 0.5) is 0 Å². The number of carbonyl (C=O) groups is 2. The second kappa shape index (κ2) is 5.63. The fraction of sp³-hybridized carbons (Fsp3) is 0.692. The number of piperazine rings is 1. The molecule has 0 saturated carbocycles. The van der Waals surface area contributed by atoms with Crippen molar-refractivity contribution >= 4 is 11.8 Å². The molecule has 0 spiro atoms. The van der Waals surface area contributed by atoms with E-state index in [2.05, 4.69) is 13.5 Å². The van der Waals surface area contributed by atoms with E-state index in [4.69, 9.17) is 0 Å². The summed E-state index contributed by atoms with van der Waals surface area (Å²) < 4.78 is 0. The third-order valence-electron chi connectivity index (χ3n) is 4.15. The van der Waals surface area contributed by atoms with Crippen LogP contribution in [0.2, 0.25) is 0 Å². The second-order valence-electron chi connectivity index (χ2n) is 5.15. The van der Waals surface area contributed by atoms with Crippen LogP contribution in [0.25, 0.3) is 0 Å². The smallest absolute Gasteiger partial charge is 0.288 e. The third-order valence-corrected chi connectivity index (χ3v) is 4.15. The molecule has 2 fully saturated rings. The molecule has 2 saturated heterocycles. The van der Waals surface area contributed by atoms with Crippen molar-refractivity contribution in [2.75, 3.05) is 39.3 Å². The molecule has 5 nitrogen and oxygen atoms in total. The molecular formula is C13H23N3O2+2. The standard InChI is InChI=1S/C13H21N3O2/c1-3-5-16-12(17)10-11(13(16)18)15-8-6-14(4-2)7-9-15/h3,11H,1,4-10H2,2H3/p+2/t11-/m0/s1. The Balaban J connectivity index is 1.96. The molecule has 2 amide bonds. The van der Waals surface area contributed by atoms with Crippen LogP contribution < -0.4 is 9.80 Å². The first-order valence-corrected chi connectivity index (χ1v) is 6.80. The predicted octanol–water partition coefficient (Wildman–Crippen LogP) is -2.90. The topological polar surface area (TPSA) is 46.3 Å². The molecule has 2 rings (SSSR count). The summed E-state index contributed by atoms with van der Waals surface area (Å²) in [6, 6.07) is -0.143. The number of rotatable bonds is 4. The highest BCUT2D eigenvalue weighted by molar-refractivity contribution is 6.04. The van der Waals surface area contributed by atoms with E-state index in [1.54, 1.807) is 11.0 Å². The molecule has 0 aromatic heterocycles. The van der Waals surface area contributed by atoms with Crippen LogP contribution in [0.3, 0.4) is 0 Å². The Morgan fingerprint density at radius 1 is 1.33 bits per heavy atom. The summed E-state index contributed by atoms with van der Waals surface area (Å²) in [7, 11) is 0. The Hall–Kier alpha value is -1.20. The van der Waals surface area contributed by atoms with Gasteiger partial charge in [0.2, 0.25) is 5.91 Å². The van der Waals surface area contributed by atoms with Crippen LogP contribution in [-0.4, -0.2) is 62.0 Å². The Labute approximate surface area is 108 Å². The second-order valence-corrected chi connectivity index (χ2v) is 5.15. The van der Waals surface area contributed by atoms with Crippen molar-refractivity contribution in [3.63, 3.8) is 0 Å². The molecule has 2 heterocycles. The average molecular weight is 253 g/mol. The van der Waals surface area contributed by atoms with Crippen LogP contribution in [0.1, 0.15) is 13.3 Å². The fourth-order valence-corrected chi connectivity index (χ4v) is 2.95. The highest BCUT2D eigenvalue weighted by atomic mass is 16.2. The number of carbonyl (C=O) groups excluding carboxylic acids is 2.